The van der Waals surface area contributed by atoms with Gasteiger partial charge in [0.1, 0.15) is 6.04 Å². The Morgan fingerprint density at radius 3 is 2.48 bits per heavy atom. The summed E-state index contributed by atoms with van der Waals surface area (Å²) < 4.78 is 11.0. The standard InChI is InChI=1S/C22H29BrN2O6/c1-14(2)17(24-21(28)29-3)12-25-18(11-22(31-25)9-4-10-22)20(27)30-13-19(26)15-5-7-16(23)8-6-15/h5-8,14,17-18H,4,9-13H2,1-3H3,(H,24,28). The van der Waals surface area contributed by atoms with Crippen molar-refractivity contribution in [1.29, 1.82) is 0 Å². The van der Waals surface area contributed by atoms with Gasteiger partial charge in [-0.3, -0.25) is 14.4 Å². The van der Waals surface area contributed by atoms with Crippen molar-refractivity contribution in [1.82, 2.24) is 10.4 Å². The van der Waals surface area contributed by atoms with Gasteiger partial charge >= 0.3 is 12.1 Å². The summed E-state index contributed by atoms with van der Waals surface area (Å²) in [6.45, 7) is 3.93. The number of benzene rings is 1. The number of Topliss-reactive ketones (excluding diaryl/α,β-unsaturated/α-hetero) is 1. The van der Waals surface area contributed by atoms with Crippen LogP contribution in [0.4, 0.5) is 4.79 Å². The van der Waals surface area contributed by atoms with Gasteiger partial charge in [-0.25, -0.2) is 4.79 Å². The first-order valence-electron chi connectivity index (χ1n) is 10.5. The number of alkyl carbamates (subject to hydrolysis) is 1. The Morgan fingerprint density at radius 2 is 1.94 bits per heavy atom. The molecule has 2 fully saturated rings. The fourth-order valence-corrected chi connectivity index (χ4v) is 4.08. The Hall–Kier alpha value is -1.97. The molecule has 1 saturated heterocycles. The highest BCUT2D eigenvalue weighted by molar-refractivity contribution is 9.10. The third kappa shape index (κ3) is 5.84. The zero-order chi connectivity index (χ0) is 22.6. The second kappa shape index (κ2) is 10.1. The van der Waals surface area contributed by atoms with E-state index < -0.39 is 18.1 Å². The van der Waals surface area contributed by atoms with E-state index in [9.17, 15) is 14.4 Å². The number of nitrogens with one attached hydrogen (secondary N) is 1. The van der Waals surface area contributed by atoms with Crippen molar-refractivity contribution < 1.29 is 28.7 Å². The maximum Gasteiger partial charge on any atom is 0.407 e. The lowest BCUT2D eigenvalue weighted by Gasteiger charge is -2.37. The lowest BCUT2D eigenvalue weighted by molar-refractivity contribution is -0.233. The van der Waals surface area contributed by atoms with Crippen LogP contribution < -0.4 is 5.32 Å². The topological polar surface area (TPSA) is 94.2 Å². The molecule has 9 heteroatoms. The van der Waals surface area contributed by atoms with Crippen LogP contribution in [0.2, 0.25) is 0 Å². The highest BCUT2D eigenvalue weighted by Gasteiger charge is 2.53. The number of hydrogen-bond acceptors (Lipinski definition) is 7. The number of esters is 1. The van der Waals surface area contributed by atoms with Gasteiger partial charge in [0.25, 0.3) is 0 Å². The van der Waals surface area contributed by atoms with E-state index in [0.29, 0.717) is 18.5 Å². The van der Waals surface area contributed by atoms with Crippen LogP contribution in [0.1, 0.15) is 49.9 Å². The van der Waals surface area contributed by atoms with Crippen LogP contribution in [0.3, 0.4) is 0 Å². The molecule has 1 aliphatic heterocycles. The van der Waals surface area contributed by atoms with Gasteiger partial charge in [-0.05, 0) is 37.3 Å². The lowest BCUT2D eigenvalue weighted by atomic mass is 9.77. The number of halogens is 1. The minimum Gasteiger partial charge on any atom is -0.456 e. The van der Waals surface area contributed by atoms with Gasteiger partial charge in [0.2, 0.25) is 0 Å². The minimum atomic E-state index is -0.626. The van der Waals surface area contributed by atoms with E-state index in [1.807, 2.05) is 13.8 Å². The molecule has 1 aromatic rings. The van der Waals surface area contributed by atoms with Crippen molar-refractivity contribution >= 4 is 33.8 Å². The number of hydrogen-bond donors (Lipinski definition) is 1. The first kappa shape index (κ1) is 23.7. The van der Waals surface area contributed by atoms with Gasteiger partial charge in [-0.2, -0.15) is 5.06 Å². The Labute approximate surface area is 190 Å². The molecule has 2 atom stereocenters. The van der Waals surface area contributed by atoms with E-state index in [4.69, 9.17) is 14.3 Å². The van der Waals surface area contributed by atoms with Gasteiger partial charge in [0.15, 0.2) is 12.4 Å². The van der Waals surface area contributed by atoms with E-state index in [-0.39, 0.29) is 30.0 Å². The fourth-order valence-electron chi connectivity index (χ4n) is 3.82. The van der Waals surface area contributed by atoms with Crippen LogP contribution in [-0.4, -0.2) is 60.9 Å². The molecule has 2 aliphatic rings. The number of hydroxylamine groups is 2. The summed E-state index contributed by atoms with van der Waals surface area (Å²) in [5.41, 5.74) is 0.125. The van der Waals surface area contributed by atoms with Gasteiger partial charge < -0.3 is 14.8 Å². The van der Waals surface area contributed by atoms with Crippen molar-refractivity contribution in [3.63, 3.8) is 0 Å². The zero-order valence-electron chi connectivity index (χ0n) is 18.1. The largest absolute Gasteiger partial charge is 0.456 e. The Kier molecular flexibility index (Phi) is 7.72. The monoisotopic (exact) mass is 496 g/mol. The van der Waals surface area contributed by atoms with E-state index in [2.05, 4.69) is 21.2 Å². The number of carbonyl (C=O) groups excluding carboxylic acids is 3. The molecule has 1 aromatic carbocycles. The van der Waals surface area contributed by atoms with Crippen molar-refractivity contribution in [2.45, 2.75) is 57.2 Å². The highest BCUT2D eigenvalue weighted by atomic mass is 79.9. The summed E-state index contributed by atoms with van der Waals surface area (Å²) in [6.07, 6.45) is 2.78. The Morgan fingerprint density at radius 1 is 1.26 bits per heavy atom. The number of nitrogens with zero attached hydrogens (tertiary/aromatic N) is 1. The number of ketones is 1. The van der Waals surface area contributed by atoms with Crippen LogP contribution in [0, 0.1) is 5.92 Å². The van der Waals surface area contributed by atoms with Crippen molar-refractivity contribution in [3.8, 4) is 0 Å². The van der Waals surface area contributed by atoms with Crippen LogP contribution in [0.5, 0.6) is 0 Å². The summed E-state index contributed by atoms with van der Waals surface area (Å²) in [6, 6.07) is 5.99. The van der Waals surface area contributed by atoms with Crippen LogP contribution in [0.25, 0.3) is 0 Å². The number of amides is 1. The number of carbonyl (C=O) groups is 3. The summed E-state index contributed by atoms with van der Waals surface area (Å²) in [4.78, 5) is 43.2. The smallest absolute Gasteiger partial charge is 0.407 e. The molecular weight excluding hydrogens is 468 g/mol. The predicted octanol–water partition coefficient (Wildman–Crippen LogP) is 3.48. The second-order valence-electron chi connectivity index (χ2n) is 8.47. The van der Waals surface area contributed by atoms with Crippen molar-refractivity contribution in [2.24, 2.45) is 5.92 Å². The first-order valence-corrected chi connectivity index (χ1v) is 11.3. The van der Waals surface area contributed by atoms with Gasteiger partial charge in [0.05, 0.1) is 12.7 Å². The highest BCUT2D eigenvalue weighted by Crippen LogP contribution is 2.46. The molecule has 2 unspecified atom stereocenters. The van der Waals surface area contributed by atoms with Crippen LogP contribution >= 0.6 is 15.9 Å². The minimum absolute atomic E-state index is 0.0938. The fraction of sp³-hybridized carbons (Fsp3) is 0.591. The Balaban J connectivity index is 1.64. The maximum atomic E-state index is 12.9. The molecule has 31 heavy (non-hydrogen) atoms. The van der Waals surface area contributed by atoms with Gasteiger partial charge in [0, 0.05) is 29.0 Å². The third-order valence-electron chi connectivity index (χ3n) is 5.94. The second-order valence-corrected chi connectivity index (χ2v) is 9.39. The molecule has 0 aromatic heterocycles. The molecule has 3 rings (SSSR count). The maximum absolute atomic E-state index is 12.9. The average molecular weight is 497 g/mol. The predicted molar refractivity (Wildman–Crippen MR) is 116 cm³/mol. The SMILES string of the molecule is COC(=O)NC(CN1OC2(CCC2)CC1C(=O)OCC(=O)c1ccc(Br)cc1)C(C)C. The number of rotatable bonds is 8. The molecule has 1 heterocycles. The van der Waals surface area contributed by atoms with E-state index in [1.165, 1.54) is 7.11 Å². The average Bonchev–Trinajstić information content (AvgIpc) is 3.12. The summed E-state index contributed by atoms with van der Waals surface area (Å²) in [5, 5.41) is 4.42. The van der Waals surface area contributed by atoms with Gasteiger partial charge in [-0.15, -0.1) is 0 Å². The van der Waals surface area contributed by atoms with Crippen LogP contribution in [-0.2, 0) is 19.1 Å². The number of ether oxygens (including phenoxy) is 2. The molecule has 0 bridgehead atoms. The molecule has 170 valence electrons. The quantitative estimate of drug-likeness (QED) is 0.434. The summed E-state index contributed by atoms with van der Waals surface area (Å²) in [5.74, 6) is -0.664. The summed E-state index contributed by atoms with van der Waals surface area (Å²) in [7, 11) is 1.31. The van der Waals surface area contributed by atoms with E-state index >= 15 is 0 Å². The lowest BCUT2D eigenvalue weighted by Crippen LogP contribution is -2.49. The molecular formula is C22H29BrN2O6. The van der Waals surface area contributed by atoms with E-state index in [1.54, 1.807) is 29.3 Å². The molecule has 1 spiro atoms. The molecule has 1 amide bonds. The summed E-state index contributed by atoms with van der Waals surface area (Å²) >= 11 is 3.33. The molecule has 1 aliphatic carbocycles. The molecule has 1 N–H and O–H groups in total. The van der Waals surface area contributed by atoms with Crippen molar-refractivity contribution in [3.05, 3.63) is 34.3 Å². The van der Waals surface area contributed by atoms with E-state index in [0.717, 1.165) is 23.7 Å². The normalized spacial score (nSPS) is 20.9. The molecule has 0 radical (unpaired) electrons. The van der Waals surface area contributed by atoms with Crippen molar-refractivity contribution in [2.75, 3.05) is 20.3 Å². The Bertz CT molecular complexity index is 809. The number of methoxy groups -OCH3 is 1. The molecule has 8 nitrogen and oxygen atoms in total. The zero-order valence-corrected chi connectivity index (χ0v) is 19.6. The van der Waals surface area contributed by atoms with Crippen LogP contribution in [0.15, 0.2) is 28.7 Å². The molecule has 1 saturated carbocycles. The first-order chi connectivity index (χ1) is 14.7. The van der Waals surface area contributed by atoms with Gasteiger partial charge in [-0.1, -0.05) is 41.9 Å². The third-order valence-corrected chi connectivity index (χ3v) is 6.47.